The van der Waals surface area contributed by atoms with Crippen molar-refractivity contribution in [3.8, 4) is 5.75 Å². The Kier molecular flexibility index (Phi) is 6.67. The van der Waals surface area contributed by atoms with Gasteiger partial charge in [-0.2, -0.15) is 0 Å². The molecule has 1 fully saturated rings. The van der Waals surface area contributed by atoms with Gasteiger partial charge in [-0.05, 0) is 42.6 Å². The minimum Gasteiger partial charge on any atom is -0.497 e. The Balaban J connectivity index is 0.00000208. The molecule has 3 rings (SSSR count). The molecule has 1 heterocycles. The van der Waals surface area contributed by atoms with Gasteiger partial charge in [0.15, 0.2) is 0 Å². The normalized spacial score (nSPS) is 22.0. The van der Waals surface area contributed by atoms with Crippen molar-refractivity contribution in [2.45, 2.75) is 18.9 Å². The van der Waals surface area contributed by atoms with Gasteiger partial charge in [-0.25, -0.2) is 0 Å². The molecule has 0 aliphatic carbocycles. The molecule has 1 aliphatic heterocycles. The summed E-state index contributed by atoms with van der Waals surface area (Å²) in [7, 11) is 1.72. The van der Waals surface area contributed by atoms with Gasteiger partial charge in [-0.15, -0.1) is 12.4 Å². The molecule has 1 unspecified atom stereocenters. The maximum atomic E-state index is 6.06. The quantitative estimate of drug-likeness (QED) is 0.893. The molecule has 130 valence electrons. The average molecular weight is 347 g/mol. The lowest BCUT2D eigenvalue weighted by Crippen LogP contribution is -2.26. The third-order valence-corrected chi connectivity index (χ3v) is 5.12. The van der Waals surface area contributed by atoms with Crippen LogP contribution in [0.15, 0.2) is 54.6 Å². The molecule has 0 spiro atoms. The second-order valence-electron chi connectivity index (χ2n) is 6.42. The SMILES string of the molecule is COc1cccc(C(C)N2C[C@@H](CN)[C@H](c3ccccc3)C2)c1.Cl. The summed E-state index contributed by atoms with van der Waals surface area (Å²) < 4.78 is 5.36. The number of nitrogens with two attached hydrogens (primary N) is 1. The molecule has 1 aliphatic rings. The standard InChI is InChI=1S/C20H26N2O.ClH/c1-15(17-9-6-10-19(11-17)23-2)22-13-18(12-21)20(14-22)16-7-4-3-5-8-16;/h3-11,15,18,20H,12-14,21H2,1-2H3;1H/t15?,18-,20+;/m1./s1. The average Bonchev–Trinajstić information content (AvgIpc) is 3.06. The third kappa shape index (κ3) is 3.92. The van der Waals surface area contributed by atoms with Crippen LogP contribution in [0.4, 0.5) is 0 Å². The van der Waals surface area contributed by atoms with Crippen LogP contribution < -0.4 is 10.5 Å². The van der Waals surface area contributed by atoms with E-state index in [1.807, 2.05) is 6.07 Å². The molecule has 4 heteroatoms. The van der Waals surface area contributed by atoms with Crippen molar-refractivity contribution in [2.75, 3.05) is 26.7 Å². The monoisotopic (exact) mass is 346 g/mol. The van der Waals surface area contributed by atoms with E-state index in [-0.39, 0.29) is 12.4 Å². The van der Waals surface area contributed by atoms with Crippen molar-refractivity contribution in [1.82, 2.24) is 4.90 Å². The zero-order valence-electron chi connectivity index (χ0n) is 14.4. The van der Waals surface area contributed by atoms with Crippen LogP contribution in [0.25, 0.3) is 0 Å². The maximum absolute atomic E-state index is 6.06. The van der Waals surface area contributed by atoms with Gasteiger partial charge in [0.05, 0.1) is 7.11 Å². The van der Waals surface area contributed by atoms with Gasteiger partial charge in [0.2, 0.25) is 0 Å². The highest BCUT2D eigenvalue weighted by Crippen LogP contribution is 2.37. The zero-order valence-corrected chi connectivity index (χ0v) is 15.2. The number of methoxy groups -OCH3 is 1. The van der Waals surface area contributed by atoms with E-state index in [4.69, 9.17) is 10.5 Å². The van der Waals surface area contributed by atoms with Gasteiger partial charge in [0, 0.05) is 25.0 Å². The molecule has 0 amide bonds. The second kappa shape index (κ2) is 8.52. The zero-order chi connectivity index (χ0) is 16.2. The highest BCUT2D eigenvalue weighted by atomic mass is 35.5. The summed E-state index contributed by atoms with van der Waals surface area (Å²) in [6, 6.07) is 19.5. The van der Waals surface area contributed by atoms with Gasteiger partial charge in [0.1, 0.15) is 5.75 Å². The number of ether oxygens (including phenoxy) is 1. The number of rotatable bonds is 5. The lowest BCUT2D eigenvalue weighted by atomic mass is 9.89. The van der Waals surface area contributed by atoms with E-state index in [9.17, 15) is 0 Å². The number of nitrogens with zero attached hydrogens (tertiary/aromatic N) is 1. The van der Waals surface area contributed by atoms with Gasteiger partial charge >= 0.3 is 0 Å². The number of hydrogen-bond donors (Lipinski definition) is 1. The van der Waals surface area contributed by atoms with Crippen LogP contribution in [0, 0.1) is 5.92 Å². The molecule has 0 radical (unpaired) electrons. The maximum Gasteiger partial charge on any atom is 0.119 e. The summed E-state index contributed by atoms with van der Waals surface area (Å²) >= 11 is 0. The fourth-order valence-corrected chi connectivity index (χ4v) is 3.65. The van der Waals surface area contributed by atoms with Crippen molar-refractivity contribution in [2.24, 2.45) is 11.7 Å². The van der Waals surface area contributed by atoms with E-state index >= 15 is 0 Å². The Morgan fingerprint density at radius 1 is 1.12 bits per heavy atom. The molecule has 3 atom stereocenters. The number of benzene rings is 2. The summed E-state index contributed by atoms with van der Waals surface area (Å²) in [4.78, 5) is 2.55. The summed E-state index contributed by atoms with van der Waals surface area (Å²) in [6.07, 6.45) is 0. The van der Waals surface area contributed by atoms with E-state index in [0.29, 0.717) is 17.9 Å². The van der Waals surface area contributed by atoms with Gasteiger partial charge in [-0.3, -0.25) is 4.90 Å². The molecular formula is C20H27ClN2O. The van der Waals surface area contributed by atoms with Crippen molar-refractivity contribution < 1.29 is 4.74 Å². The summed E-state index contributed by atoms with van der Waals surface area (Å²) in [6.45, 7) is 5.12. The Morgan fingerprint density at radius 2 is 1.88 bits per heavy atom. The first-order valence-corrected chi connectivity index (χ1v) is 8.36. The van der Waals surface area contributed by atoms with Gasteiger partial charge < -0.3 is 10.5 Å². The fourth-order valence-electron chi connectivity index (χ4n) is 3.65. The van der Waals surface area contributed by atoms with E-state index in [1.165, 1.54) is 11.1 Å². The molecule has 2 aromatic rings. The molecule has 24 heavy (non-hydrogen) atoms. The number of hydrogen-bond acceptors (Lipinski definition) is 3. The lowest BCUT2D eigenvalue weighted by molar-refractivity contribution is 0.252. The summed E-state index contributed by atoms with van der Waals surface area (Å²) in [5.74, 6) is 1.96. The van der Waals surface area contributed by atoms with E-state index in [0.717, 1.165) is 25.4 Å². The van der Waals surface area contributed by atoms with E-state index < -0.39 is 0 Å². The fraction of sp³-hybridized carbons (Fsp3) is 0.400. The predicted molar refractivity (Wildman–Crippen MR) is 102 cm³/mol. The Morgan fingerprint density at radius 3 is 2.54 bits per heavy atom. The molecule has 2 N–H and O–H groups in total. The summed E-state index contributed by atoms with van der Waals surface area (Å²) in [5, 5.41) is 0. The predicted octanol–water partition coefficient (Wildman–Crippen LogP) is 3.85. The number of likely N-dealkylation sites (tertiary alicyclic amines) is 1. The molecule has 0 saturated carbocycles. The first-order chi connectivity index (χ1) is 11.2. The Hall–Kier alpha value is -1.55. The van der Waals surface area contributed by atoms with Crippen LogP contribution in [0.2, 0.25) is 0 Å². The highest BCUT2D eigenvalue weighted by molar-refractivity contribution is 5.85. The Labute approximate surface area is 151 Å². The largest absolute Gasteiger partial charge is 0.497 e. The molecule has 3 nitrogen and oxygen atoms in total. The lowest BCUT2D eigenvalue weighted by Gasteiger charge is -2.25. The minimum atomic E-state index is 0. The summed E-state index contributed by atoms with van der Waals surface area (Å²) in [5.41, 5.74) is 8.77. The van der Waals surface area contributed by atoms with Crippen LogP contribution in [-0.2, 0) is 0 Å². The molecule has 0 bridgehead atoms. The van der Waals surface area contributed by atoms with Crippen molar-refractivity contribution in [3.63, 3.8) is 0 Å². The van der Waals surface area contributed by atoms with Crippen LogP contribution in [-0.4, -0.2) is 31.6 Å². The number of halogens is 1. The van der Waals surface area contributed by atoms with Crippen LogP contribution in [0.5, 0.6) is 5.75 Å². The third-order valence-electron chi connectivity index (χ3n) is 5.12. The molecular weight excluding hydrogens is 320 g/mol. The van der Waals surface area contributed by atoms with Crippen molar-refractivity contribution in [1.29, 1.82) is 0 Å². The van der Waals surface area contributed by atoms with Crippen LogP contribution in [0.3, 0.4) is 0 Å². The Bertz CT molecular complexity index is 635. The topological polar surface area (TPSA) is 38.5 Å². The van der Waals surface area contributed by atoms with E-state index in [2.05, 4.69) is 60.4 Å². The molecule has 0 aromatic heterocycles. The highest BCUT2D eigenvalue weighted by Gasteiger charge is 2.35. The van der Waals surface area contributed by atoms with Crippen molar-refractivity contribution >= 4 is 12.4 Å². The smallest absolute Gasteiger partial charge is 0.119 e. The minimum absolute atomic E-state index is 0. The van der Waals surface area contributed by atoms with Gasteiger partial charge in [-0.1, -0.05) is 42.5 Å². The first-order valence-electron chi connectivity index (χ1n) is 8.36. The van der Waals surface area contributed by atoms with E-state index in [1.54, 1.807) is 7.11 Å². The molecule has 1 saturated heterocycles. The second-order valence-corrected chi connectivity index (χ2v) is 6.42. The van der Waals surface area contributed by atoms with Crippen molar-refractivity contribution in [3.05, 3.63) is 65.7 Å². The molecule has 2 aromatic carbocycles. The van der Waals surface area contributed by atoms with Gasteiger partial charge in [0.25, 0.3) is 0 Å². The first kappa shape index (κ1) is 18.8. The van der Waals surface area contributed by atoms with Crippen LogP contribution >= 0.6 is 12.4 Å². The van der Waals surface area contributed by atoms with Crippen LogP contribution in [0.1, 0.15) is 30.0 Å².